The lowest BCUT2D eigenvalue weighted by molar-refractivity contribution is -0.126. The SMILES string of the molecule is O=C(NC(CN1C(=O)COC1=O)c1ccccc1)c1cnc2ccccc2n1. The minimum atomic E-state index is -0.717. The number of amides is 3. The fourth-order valence-corrected chi connectivity index (χ4v) is 2.96. The molecule has 1 aliphatic heterocycles. The predicted octanol–water partition coefficient (Wildman–Crippen LogP) is 2.08. The van der Waals surface area contributed by atoms with E-state index in [0.717, 1.165) is 10.5 Å². The maximum atomic E-state index is 12.8. The molecule has 28 heavy (non-hydrogen) atoms. The van der Waals surface area contributed by atoms with Crippen molar-refractivity contribution in [3.63, 3.8) is 0 Å². The van der Waals surface area contributed by atoms with Gasteiger partial charge < -0.3 is 10.1 Å². The van der Waals surface area contributed by atoms with Crippen molar-refractivity contribution in [1.82, 2.24) is 20.2 Å². The van der Waals surface area contributed by atoms with Gasteiger partial charge in [0.2, 0.25) is 0 Å². The van der Waals surface area contributed by atoms with Crippen molar-refractivity contribution in [2.24, 2.45) is 0 Å². The first kappa shape index (κ1) is 17.6. The van der Waals surface area contributed by atoms with Gasteiger partial charge in [-0.3, -0.25) is 14.6 Å². The van der Waals surface area contributed by atoms with Gasteiger partial charge in [0.15, 0.2) is 6.61 Å². The molecular formula is C20H16N4O4. The van der Waals surface area contributed by atoms with Crippen molar-refractivity contribution >= 4 is 28.9 Å². The van der Waals surface area contributed by atoms with Crippen LogP contribution in [-0.4, -0.2) is 45.9 Å². The number of imide groups is 1. The highest BCUT2D eigenvalue weighted by Gasteiger charge is 2.34. The molecule has 8 heteroatoms. The van der Waals surface area contributed by atoms with Crippen LogP contribution < -0.4 is 5.32 Å². The second-order valence-corrected chi connectivity index (χ2v) is 6.24. The molecule has 1 fully saturated rings. The number of ether oxygens (including phenoxy) is 1. The Bertz CT molecular complexity index is 1040. The molecule has 3 aromatic rings. The van der Waals surface area contributed by atoms with E-state index in [4.69, 9.17) is 4.74 Å². The number of carbonyl (C=O) groups excluding carboxylic acids is 3. The number of benzene rings is 2. The molecule has 0 bridgehead atoms. The molecule has 1 atom stereocenters. The van der Waals surface area contributed by atoms with E-state index in [-0.39, 0.29) is 18.8 Å². The number of fused-ring (bicyclic) bond motifs is 1. The third-order valence-corrected chi connectivity index (χ3v) is 4.39. The Morgan fingerprint density at radius 1 is 1.07 bits per heavy atom. The Morgan fingerprint density at radius 3 is 2.50 bits per heavy atom. The van der Waals surface area contributed by atoms with Gasteiger partial charge in [0.05, 0.1) is 29.8 Å². The summed E-state index contributed by atoms with van der Waals surface area (Å²) in [6.07, 6.45) is 0.681. The summed E-state index contributed by atoms with van der Waals surface area (Å²) in [4.78, 5) is 46.1. The first-order valence-electron chi connectivity index (χ1n) is 8.66. The van der Waals surface area contributed by atoms with Gasteiger partial charge in [0.25, 0.3) is 11.8 Å². The van der Waals surface area contributed by atoms with Crippen molar-refractivity contribution in [3.8, 4) is 0 Å². The Morgan fingerprint density at radius 2 is 1.79 bits per heavy atom. The lowest BCUT2D eigenvalue weighted by Gasteiger charge is -2.22. The van der Waals surface area contributed by atoms with Crippen LogP contribution in [0.5, 0.6) is 0 Å². The van der Waals surface area contributed by atoms with E-state index in [2.05, 4.69) is 15.3 Å². The molecule has 1 N–H and O–H groups in total. The first-order valence-corrected chi connectivity index (χ1v) is 8.66. The molecule has 140 valence electrons. The quantitative estimate of drug-likeness (QED) is 0.732. The van der Waals surface area contributed by atoms with Crippen LogP contribution >= 0.6 is 0 Å². The smallest absolute Gasteiger partial charge is 0.417 e. The third-order valence-electron chi connectivity index (χ3n) is 4.39. The summed E-state index contributed by atoms with van der Waals surface area (Å²) in [5.74, 6) is -0.891. The molecule has 8 nitrogen and oxygen atoms in total. The topological polar surface area (TPSA) is 101 Å². The van der Waals surface area contributed by atoms with Gasteiger partial charge in [0.1, 0.15) is 5.69 Å². The Labute approximate surface area is 160 Å². The molecule has 1 aromatic heterocycles. The molecular weight excluding hydrogens is 360 g/mol. The molecule has 0 radical (unpaired) electrons. The summed E-state index contributed by atoms with van der Waals surface area (Å²) in [5.41, 5.74) is 2.18. The molecule has 1 saturated heterocycles. The molecule has 4 rings (SSSR count). The Balaban J connectivity index is 1.59. The lowest BCUT2D eigenvalue weighted by atomic mass is 10.1. The van der Waals surface area contributed by atoms with Crippen LogP contribution in [0.25, 0.3) is 11.0 Å². The van der Waals surface area contributed by atoms with E-state index in [1.54, 1.807) is 12.1 Å². The normalized spacial score (nSPS) is 14.8. The van der Waals surface area contributed by atoms with Crippen molar-refractivity contribution < 1.29 is 19.1 Å². The van der Waals surface area contributed by atoms with E-state index < -0.39 is 23.9 Å². The number of hydrogen-bond acceptors (Lipinski definition) is 6. The molecule has 0 saturated carbocycles. The molecule has 1 aliphatic rings. The standard InChI is InChI=1S/C20H16N4O4/c25-18-12-28-20(27)24(18)11-17(13-6-2-1-3-7-13)23-19(26)16-10-21-14-8-4-5-9-15(14)22-16/h1-10,17H,11-12H2,(H,23,26). The van der Waals surface area contributed by atoms with Gasteiger partial charge in [-0.1, -0.05) is 42.5 Å². The van der Waals surface area contributed by atoms with Crippen molar-refractivity contribution in [2.75, 3.05) is 13.2 Å². The van der Waals surface area contributed by atoms with Gasteiger partial charge in [0, 0.05) is 0 Å². The number of nitrogens with one attached hydrogen (secondary N) is 1. The summed E-state index contributed by atoms with van der Waals surface area (Å²) in [6, 6.07) is 15.7. The number of rotatable bonds is 5. The predicted molar refractivity (Wildman–Crippen MR) is 99.2 cm³/mol. The monoisotopic (exact) mass is 376 g/mol. The highest BCUT2D eigenvalue weighted by molar-refractivity contribution is 5.98. The summed E-state index contributed by atoms with van der Waals surface area (Å²) >= 11 is 0. The van der Waals surface area contributed by atoms with Crippen LogP contribution in [0.1, 0.15) is 22.1 Å². The van der Waals surface area contributed by atoms with Crippen LogP contribution in [0, 0.1) is 0 Å². The zero-order valence-corrected chi connectivity index (χ0v) is 14.7. The number of cyclic esters (lactones) is 1. The van der Waals surface area contributed by atoms with Crippen molar-refractivity contribution in [3.05, 3.63) is 72.1 Å². The highest BCUT2D eigenvalue weighted by atomic mass is 16.6. The summed E-state index contributed by atoms with van der Waals surface area (Å²) in [6.45, 7) is -0.321. The van der Waals surface area contributed by atoms with Crippen LogP contribution in [0.3, 0.4) is 0 Å². The summed E-state index contributed by atoms with van der Waals surface area (Å²) in [7, 11) is 0. The average molecular weight is 376 g/mol. The zero-order valence-electron chi connectivity index (χ0n) is 14.7. The van der Waals surface area contributed by atoms with Crippen molar-refractivity contribution in [1.29, 1.82) is 0 Å². The van der Waals surface area contributed by atoms with E-state index in [1.165, 1.54) is 6.20 Å². The maximum absolute atomic E-state index is 12.8. The number of hydrogen-bond donors (Lipinski definition) is 1. The van der Waals surface area contributed by atoms with Gasteiger partial charge in [-0.05, 0) is 17.7 Å². The molecule has 2 aromatic carbocycles. The summed E-state index contributed by atoms with van der Waals surface area (Å²) in [5, 5.41) is 2.84. The minimum Gasteiger partial charge on any atom is -0.439 e. The van der Waals surface area contributed by atoms with Crippen LogP contribution in [0.2, 0.25) is 0 Å². The fraction of sp³-hybridized carbons (Fsp3) is 0.150. The largest absolute Gasteiger partial charge is 0.439 e. The van der Waals surface area contributed by atoms with E-state index in [1.807, 2.05) is 42.5 Å². The maximum Gasteiger partial charge on any atom is 0.417 e. The molecule has 2 heterocycles. The number of para-hydroxylation sites is 2. The molecule has 0 aliphatic carbocycles. The lowest BCUT2D eigenvalue weighted by Crippen LogP contribution is -2.40. The van der Waals surface area contributed by atoms with E-state index >= 15 is 0 Å². The van der Waals surface area contributed by atoms with Crippen molar-refractivity contribution in [2.45, 2.75) is 6.04 Å². The van der Waals surface area contributed by atoms with Gasteiger partial charge in [-0.25, -0.2) is 14.7 Å². The number of aromatic nitrogens is 2. The second kappa shape index (κ2) is 7.43. The molecule has 1 unspecified atom stereocenters. The fourth-order valence-electron chi connectivity index (χ4n) is 2.96. The van der Waals surface area contributed by atoms with Crippen LogP contribution in [0.15, 0.2) is 60.8 Å². The Hall–Kier alpha value is -3.81. The van der Waals surface area contributed by atoms with E-state index in [9.17, 15) is 14.4 Å². The van der Waals surface area contributed by atoms with Gasteiger partial charge >= 0.3 is 6.09 Å². The third kappa shape index (κ3) is 3.52. The molecule has 0 spiro atoms. The number of nitrogens with zero attached hydrogens (tertiary/aromatic N) is 3. The van der Waals surface area contributed by atoms with Crippen LogP contribution in [-0.2, 0) is 9.53 Å². The second-order valence-electron chi connectivity index (χ2n) is 6.24. The first-order chi connectivity index (χ1) is 13.6. The van der Waals surface area contributed by atoms with Gasteiger partial charge in [-0.2, -0.15) is 0 Å². The van der Waals surface area contributed by atoms with E-state index in [0.29, 0.717) is 11.0 Å². The molecule has 3 amide bonds. The average Bonchev–Trinajstić information content (AvgIpc) is 3.05. The zero-order chi connectivity index (χ0) is 19.5. The van der Waals surface area contributed by atoms with Crippen LogP contribution in [0.4, 0.5) is 4.79 Å². The Kier molecular flexibility index (Phi) is 4.67. The van der Waals surface area contributed by atoms with Gasteiger partial charge in [-0.15, -0.1) is 0 Å². The number of carbonyl (C=O) groups is 3. The highest BCUT2D eigenvalue weighted by Crippen LogP contribution is 2.18. The minimum absolute atomic E-state index is 0.0333. The summed E-state index contributed by atoms with van der Waals surface area (Å²) < 4.78 is 4.75.